The smallest absolute Gasteiger partial charge is 0.247 e. The molecule has 1 atom stereocenters. The van der Waals surface area contributed by atoms with Crippen LogP contribution in [0, 0.1) is 23.1 Å². The average molecular weight is 477 g/mol. The predicted molar refractivity (Wildman–Crippen MR) is 131 cm³/mol. The lowest BCUT2D eigenvalue weighted by Gasteiger charge is -2.19. The highest BCUT2D eigenvalue weighted by Gasteiger charge is 2.23. The predicted octanol–water partition coefficient (Wildman–Crippen LogP) is 3.42. The van der Waals surface area contributed by atoms with E-state index in [9.17, 15) is 19.2 Å². The first-order valence-electron chi connectivity index (χ1n) is 11.5. The molecule has 2 aromatic carbocycles. The molecule has 0 aliphatic carbocycles. The fourth-order valence-corrected chi connectivity index (χ4v) is 3.66. The van der Waals surface area contributed by atoms with Crippen molar-refractivity contribution in [2.24, 2.45) is 5.92 Å². The second kappa shape index (κ2) is 11.8. The molecular weight excluding hydrogens is 447 g/mol. The van der Waals surface area contributed by atoms with Gasteiger partial charge in [-0.2, -0.15) is 10.4 Å². The Kier molecular flexibility index (Phi) is 8.57. The molecule has 1 heterocycles. The van der Waals surface area contributed by atoms with E-state index in [1.165, 1.54) is 28.9 Å². The number of aromatic nitrogens is 2. The summed E-state index contributed by atoms with van der Waals surface area (Å²) in [6.07, 6.45) is 1.23. The second-order valence-electron chi connectivity index (χ2n) is 8.61. The summed E-state index contributed by atoms with van der Waals surface area (Å²) in [6, 6.07) is 16.0. The Bertz CT molecular complexity index is 1200. The molecule has 0 saturated heterocycles. The number of benzene rings is 2. The van der Waals surface area contributed by atoms with Crippen molar-refractivity contribution in [3.05, 3.63) is 77.2 Å². The summed E-state index contributed by atoms with van der Waals surface area (Å²) in [7, 11) is 0. The molecule has 0 aliphatic rings. The third-order valence-corrected chi connectivity index (χ3v) is 5.36. The summed E-state index contributed by atoms with van der Waals surface area (Å²) < 4.78 is 14.6. The molecule has 3 rings (SSSR count). The van der Waals surface area contributed by atoms with Gasteiger partial charge in [0.25, 0.3) is 0 Å². The van der Waals surface area contributed by atoms with Crippen LogP contribution >= 0.6 is 0 Å². The van der Waals surface area contributed by atoms with Crippen LogP contribution in [-0.2, 0) is 16.0 Å². The van der Waals surface area contributed by atoms with Crippen LogP contribution in [-0.4, -0.2) is 28.1 Å². The largest absolute Gasteiger partial charge is 0.382 e. The highest BCUT2D eigenvalue weighted by atomic mass is 19.1. The Morgan fingerprint density at radius 3 is 2.46 bits per heavy atom. The van der Waals surface area contributed by atoms with Crippen LogP contribution in [0.4, 0.5) is 10.2 Å². The van der Waals surface area contributed by atoms with Crippen LogP contribution in [0.2, 0.25) is 0 Å². The highest BCUT2D eigenvalue weighted by molar-refractivity contribution is 5.88. The van der Waals surface area contributed by atoms with Crippen molar-refractivity contribution in [3.63, 3.8) is 0 Å². The Morgan fingerprint density at radius 2 is 1.83 bits per heavy atom. The second-order valence-corrected chi connectivity index (χ2v) is 8.61. The number of hydrogen-bond donors (Lipinski definition) is 3. The van der Waals surface area contributed by atoms with Crippen LogP contribution in [0.1, 0.15) is 49.6 Å². The van der Waals surface area contributed by atoms with Gasteiger partial charge in [0.05, 0.1) is 11.4 Å². The first-order chi connectivity index (χ1) is 16.8. The molecule has 0 radical (unpaired) electrons. The van der Waals surface area contributed by atoms with Gasteiger partial charge in [0.1, 0.15) is 29.3 Å². The number of halogens is 1. The number of nitrogens with two attached hydrogens (primary N) is 1. The third-order valence-electron chi connectivity index (χ3n) is 5.36. The number of anilines is 1. The third kappa shape index (κ3) is 6.67. The van der Waals surface area contributed by atoms with Gasteiger partial charge >= 0.3 is 0 Å². The Morgan fingerprint density at radius 1 is 1.14 bits per heavy atom. The SMILES string of the molecule is CC(C)CC(=O)NC(C(=O)NCCCc1nn(-c2ccc(F)cc2)c(N)c1C#N)c1ccccc1. The standard InChI is InChI=1S/C26H29FN6O2/c1-17(2)15-23(34)31-24(18-7-4-3-5-8-18)26(35)30-14-6-9-22-21(16-28)25(29)33(32-22)20-12-10-19(27)11-13-20/h3-5,7-8,10-13,17,24H,6,9,14-15,29H2,1-2H3,(H,30,35)(H,31,34). The maximum Gasteiger partial charge on any atom is 0.247 e. The van der Waals surface area contributed by atoms with Crippen molar-refractivity contribution in [1.82, 2.24) is 20.4 Å². The lowest BCUT2D eigenvalue weighted by molar-refractivity contribution is -0.129. The number of nitriles is 1. The van der Waals surface area contributed by atoms with Crippen molar-refractivity contribution in [2.45, 2.75) is 39.2 Å². The zero-order valence-electron chi connectivity index (χ0n) is 19.8. The number of carbonyl (C=O) groups excluding carboxylic acids is 2. The normalized spacial score (nSPS) is 11.6. The van der Waals surface area contributed by atoms with Gasteiger partial charge < -0.3 is 16.4 Å². The van der Waals surface area contributed by atoms with E-state index in [0.717, 1.165) is 0 Å². The highest BCUT2D eigenvalue weighted by Crippen LogP contribution is 2.22. The minimum atomic E-state index is -0.801. The minimum absolute atomic E-state index is 0.172. The molecule has 0 spiro atoms. The molecule has 1 aromatic heterocycles. The number of aryl methyl sites for hydroxylation is 1. The van der Waals surface area contributed by atoms with Crippen molar-refractivity contribution < 1.29 is 14.0 Å². The molecule has 1 unspecified atom stereocenters. The van der Waals surface area contributed by atoms with E-state index >= 15 is 0 Å². The maximum absolute atomic E-state index is 13.2. The summed E-state index contributed by atoms with van der Waals surface area (Å²) in [4.78, 5) is 25.3. The molecular formula is C26H29FN6O2. The van der Waals surface area contributed by atoms with Crippen molar-refractivity contribution in [3.8, 4) is 11.8 Å². The number of amides is 2. The van der Waals surface area contributed by atoms with Crippen LogP contribution in [0.3, 0.4) is 0 Å². The summed E-state index contributed by atoms with van der Waals surface area (Å²) in [5.41, 5.74) is 8.08. The molecule has 9 heteroatoms. The molecule has 4 N–H and O–H groups in total. The molecule has 0 saturated carbocycles. The van der Waals surface area contributed by atoms with Gasteiger partial charge in [-0.05, 0) is 48.6 Å². The fourth-order valence-electron chi connectivity index (χ4n) is 3.66. The summed E-state index contributed by atoms with van der Waals surface area (Å²) >= 11 is 0. The van der Waals surface area contributed by atoms with Gasteiger partial charge in [-0.1, -0.05) is 44.2 Å². The molecule has 182 valence electrons. The summed E-state index contributed by atoms with van der Waals surface area (Å²) in [5, 5.41) is 19.6. The monoisotopic (exact) mass is 476 g/mol. The van der Waals surface area contributed by atoms with Gasteiger partial charge in [-0.25, -0.2) is 9.07 Å². The average Bonchev–Trinajstić information content (AvgIpc) is 3.15. The van der Waals surface area contributed by atoms with Crippen LogP contribution in [0.25, 0.3) is 5.69 Å². The van der Waals surface area contributed by atoms with Gasteiger partial charge in [-0.15, -0.1) is 0 Å². The number of hydrogen-bond acceptors (Lipinski definition) is 5. The molecule has 2 amide bonds. The van der Waals surface area contributed by atoms with Crippen molar-refractivity contribution >= 4 is 17.6 Å². The van der Waals surface area contributed by atoms with Gasteiger partial charge in [0.2, 0.25) is 11.8 Å². The number of nitrogen functional groups attached to an aromatic ring is 1. The number of carbonyl (C=O) groups is 2. The molecule has 3 aromatic rings. The zero-order chi connectivity index (χ0) is 25.4. The van der Waals surface area contributed by atoms with E-state index in [4.69, 9.17) is 5.73 Å². The fraction of sp³-hybridized carbons (Fsp3) is 0.308. The van der Waals surface area contributed by atoms with E-state index in [0.29, 0.717) is 42.8 Å². The Hall–Kier alpha value is -4.19. The van der Waals surface area contributed by atoms with Crippen molar-refractivity contribution in [2.75, 3.05) is 12.3 Å². The van der Waals surface area contributed by atoms with Gasteiger partial charge in [0.15, 0.2) is 0 Å². The van der Waals surface area contributed by atoms with Gasteiger partial charge in [-0.3, -0.25) is 9.59 Å². The molecule has 0 bridgehead atoms. The molecule has 8 nitrogen and oxygen atoms in total. The lowest BCUT2D eigenvalue weighted by Crippen LogP contribution is -2.41. The van der Waals surface area contributed by atoms with E-state index in [1.807, 2.05) is 32.0 Å². The summed E-state index contributed by atoms with van der Waals surface area (Å²) in [5.74, 6) is -0.541. The van der Waals surface area contributed by atoms with Crippen LogP contribution in [0.15, 0.2) is 54.6 Å². The van der Waals surface area contributed by atoms with Crippen LogP contribution in [0.5, 0.6) is 0 Å². The van der Waals surface area contributed by atoms with Crippen molar-refractivity contribution in [1.29, 1.82) is 5.26 Å². The van der Waals surface area contributed by atoms with E-state index in [1.54, 1.807) is 12.1 Å². The number of nitrogens with zero attached hydrogens (tertiary/aromatic N) is 3. The van der Waals surface area contributed by atoms with E-state index in [-0.39, 0.29) is 34.9 Å². The number of nitrogens with one attached hydrogen (secondary N) is 2. The molecule has 35 heavy (non-hydrogen) atoms. The Balaban J connectivity index is 1.64. The topological polar surface area (TPSA) is 126 Å². The zero-order valence-corrected chi connectivity index (χ0v) is 19.8. The maximum atomic E-state index is 13.2. The van der Waals surface area contributed by atoms with Gasteiger partial charge in [0, 0.05) is 13.0 Å². The molecule has 0 aliphatic heterocycles. The first kappa shape index (κ1) is 25.4. The number of rotatable bonds is 10. The quantitative estimate of drug-likeness (QED) is 0.387. The summed E-state index contributed by atoms with van der Waals surface area (Å²) in [6.45, 7) is 4.20. The minimum Gasteiger partial charge on any atom is -0.382 e. The lowest BCUT2D eigenvalue weighted by atomic mass is 10.0. The Labute approximate surface area is 203 Å². The molecule has 0 fully saturated rings. The van der Waals surface area contributed by atoms with E-state index in [2.05, 4.69) is 21.8 Å². The van der Waals surface area contributed by atoms with Crippen LogP contribution < -0.4 is 16.4 Å². The van der Waals surface area contributed by atoms with E-state index < -0.39 is 6.04 Å². The first-order valence-corrected chi connectivity index (χ1v) is 11.5.